The van der Waals surface area contributed by atoms with Crippen LogP contribution >= 0.6 is 0 Å². The number of hydrogen-bond donors (Lipinski definition) is 0. The van der Waals surface area contributed by atoms with E-state index in [1.54, 1.807) is 6.42 Å². The second kappa shape index (κ2) is 1.49. The highest BCUT2D eigenvalue weighted by Gasteiger charge is 2.51. The average Bonchev–Trinajstić information content (AvgIpc) is 2.06. The van der Waals surface area contributed by atoms with Crippen molar-refractivity contribution < 1.29 is 0 Å². The maximum absolute atomic E-state index is 2.36. The minimum Gasteiger partial charge on any atom is -0.0692 e. The largest absolute Gasteiger partial charge is 0.0692 e. The molecule has 3 unspecified atom stereocenters. The van der Waals surface area contributed by atoms with Crippen molar-refractivity contribution in [2.45, 2.75) is 32.6 Å². The lowest BCUT2D eigenvalue weighted by Crippen LogP contribution is -2.28. The first-order valence-electron chi connectivity index (χ1n) is 4.62. The summed E-state index contributed by atoms with van der Waals surface area (Å²) in [6.45, 7) is 2.36. The van der Waals surface area contributed by atoms with Crippen LogP contribution in [-0.4, -0.2) is 0 Å². The zero-order valence-electron chi connectivity index (χ0n) is 6.56. The summed E-state index contributed by atoms with van der Waals surface area (Å²) in [5.74, 6) is 3.25. The second-order valence-corrected chi connectivity index (χ2v) is 4.17. The van der Waals surface area contributed by atoms with Crippen LogP contribution in [0.5, 0.6) is 0 Å². The predicted molar refractivity (Wildman–Crippen MR) is 41.6 cm³/mol. The van der Waals surface area contributed by atoms with E-state index in [4.69, 9.17) is 0 Å². The van der Waals surface area contributed by atoms with Gasteiger partial charge < -0.3 is 0 Å². The molecule has 1 fully saturated rings. The van der Waals surface area contributed by atoms with Gasteiger partial charge in [-0.15, -0.1) is 0 Å². The molecule has 0 spiro atoms. The summed E-state index contributed by atoms with van der Waals surface area (Å²) in [6.07, 6.45) is 5.95. The molecule has 0 aromatic heterocycles. The molecule has 0 aliphatic heterocycles. The molecular weight excluding hydrogens is 120 g/mol. The summed E-state index contributed by atoms with van der Waals surface area (Å²) < 4.78 is 0. The number of hydrogen-bond acceptors (Lipinski definition) is 0. The maximum Gasteiger partial charge on any atom is -0.0132 e. The smallest absolute Gasteiger partial charge is 0.0132 e. The van der Waals surface area contributed by atoms with Crippen LogP contribution in [-0.2, 0) is 0 Å². The van der Waals surface area contributed by atoms with Crippen LogP contribution in [0.25, 0.3) is 0 Å². The first kappa shape index (κ1) is 5.40. The van der Waals surface area contributed by atoms with Gasteiger partial charge in [0.1, 0.15) is 0 Å². The molecule has 0 bridgehead atoms. The second-order valence-electron chi connectivity index (χ2n) is 4.17. The molecule has 0 heteroatoms. The molecule has 0 aromatic rings. The van der Waals surface area contributed by atoms with Gasteiger partial charge >= 0.3 is 0 Å². The number of allylic oxidation sites excluding steroid dienone is 2. The van der Waals surface area contributed by atoms with Crippen molar-refractivity contribution in [2.75, 3.05) is 0 Å². The van der Waals surface area contributed by atoms with Gasteiger partial charge in [-0.2, -0.15) is 0 Å². The van der Waals surface area contributed by atoms with E-state index in [1.807, 2.05) is 11.1 Å². The minimum atomic E-state index is 1.08. The van der Waals surface area contributed by atoms with Crippen LogP contribution < -0.4 is 0 Å². The zero-order valence-corrected chi connectivity index (χ0v) is 6.56. The summed E-state index contributed by atoms with van der Waals surface area (Å²) in [7, 11) is 0. The Morgan fingerprint density at radius 2 is 2.30 bits per heavy atom. The summed E-state index contributed by atoms with van der Waals surface area (Å²) in [5, 5.41) is 0. The van der Waals surface area contributed by atoms with Gasteiger partial charge in [0, 0.05) is 0 Å². The Hall–Kier alpha value is -0.260. The van der Waals surface area contributed by atoms with Crippen LogP contribution in [0.15, 0.2) is 11.1 Å². The van der Waals surface area contributed by atoms with E-state index in [0.29, 0.717) is 0 Å². The molecule has 1 saturated carbocycles. The Balaban J connectivity index is 1.94. The Morgan fingerprint density at radius 1 is 1.40 bits per heavy atom. The van der Waals surface area contributed by atoms with Crippen molar-refractivity contribution in [3.8, 4) is 0 Å². The molecule has 3 aliphatic rings. The van der Waals surface area contributed by atoms with E-state index in [-0.39, 0.29) is 0 Å². The molecule has 0 N–H and O–H groups in total. The number of rotatable bonds is 1. The molecule has 10 heavy (non-hydrogen) atoms. The first-order chi connectivity index (χ1) is 4.90. The first-order valence-corrected chi connectivity index (χ1v) is 4.62. The summed E-state index contributed by atoms with van der Waals surface area (Å²) in [4.78, 5) is 0. The van der Waals surface area contributed by atoms with Crippen molar-refractivity contribution in [1.29, 1.82) is 0 Å². The molecule has 0 nitrogen and oxygen atoms in total. The van der Waals surface area contributed by atoms with E-state index >= 15 is 0 Å². The van der Waals surface area contributed by atoms with Gasteiger partial charge in [0.2, 0.25) is 0 Å². The van der Waals surface area contributed by atoms with Crippen LogP contribution in [0.1, 0.15) is 32.6 Å². The van der Waals surface area contributed by atoms with Crippen LogP contribution in [0, 0.1) is 17.8 Å². The van der Waals surface area contributed by atoms with E-state index in [0.717, 1.165) is 17.8 Å². The monoisotopic (exact) mass is 134 g/mol. The van der Waals surface area contributed by atoms with Gasteiger partial charge in [-0.05, 0) is 37.0 Å². The molecule has 0 saturated heterocycles. The van der Waals surface area contributed by atoms with Gasteiger partial charge in [-0.3, -0.25) is 0 Å². The third-order valence-electron chi connectivity index (χ3n) is 3.89. The predicted octanol–water partition coefficient (Wildman–Crippen LogP) is 2.75. The topological polar surface area (TPSA) is 0 Å². The fourth-order valence-electron chi connectivity index (χ4n) is 3.31. The highest BCUT2D eigenvalue weighted by atomic mass is 14.6. The van der Waals surface area contributed by atoms with Crippen molar-refractivity contribution in [1.82, 2.24) is 0 Å². The van der Waals surface area contributed by atoms with Gasteiger partial charge in [0.25, 0.3) is 0 Å². The SMILES string of the molecule is CCC1CC2CC3=C2C1C3. The summed E-state index contributed by atoms with van der Waals surface area (Å²) >= 11 is 0. The standard InChI is InChI=1S/C10H14/c1-2-6-3-7-4-8-5-9(6)10(7)8/h6-7,9H,2-5H2,1H3. The Morgan fingerprint density at radius 3 is 2.90 bits per heavy atom. The zero-order chi connectivity index (χ0) is 6.72. The molecule has 0 heterocycles. The van der Waals surface area contributed by atoms with Crippen molar-refractivity contribution >= 4 is 0 Å². The molecule has 0 radical (unpaired) electrons. The lowest BCUT2D eigenvalue weighted by atomic mass is 9.64. The van der Waals surface area contributed by atoms with Crippen LogP contribution in [0.4, 0.5) is 0 Å². The maximum atomic E-state index is 2.36. The van der Waals surface area contributed by atoms with Gasteiger partial charge in [0.05, 0.1) is 0 Å². The molecule has 3 aliphatic carbocycles. The molecule has 54 valence electrons. The quantitative estimate of drug-likeness (QED) is 0.484. The van der Waals surface area contributed by atoms with Gasteiger partial charge in [0.15, 0.2) is 0 Å². The highest BCUT2D eigenvalue weighted by Crippen LogP contribution is 2.63. The van der Waals surface area contributed by atoms with Gasteiger partial charge in [-0.1, -0.05) is 24.5 Å². The minimum absolute atomic E-state index is 1.08. The Bertz CT molecular complexity index is 212. The van der Waals surface area contributed by atoms with Crippen molar-refractivity contribution in [3.63, 3.8) is 0 Å². The van der Waals surface area contributed by atoms with Crippen molar-refractivity contribution in [2.24, 2.45) is 17.8 Å². The fraction of sp³-hybridized carbons (Fsp3) is 0.800. The Kier molecular flexibility index (Phi) is 0.805. The van der Waals surface area contributed by atoms with E-state index in [9.17, 15) is 0 Å². The normalized spacial score (nSPS) is 48.3. The van der Waals surface area contributed by atoms with Crippen LogP contribution in [0.2, 0.25) is 0 Å². The highest BCUT2D eigenvalue weighted by molar-refractivity contribution is 5.43. The van der Waals surface area contributed by atoms with Crippen LogP contribution in [0.3, 0.4) is 0 Å². The molecular formula is C10H14. The van der Waals surface area contributed by atoms with E-state index < -0.39 is 0 Å². The lowest BCUT2D eigenvalue weighted by molar-refractivity contribution is 0.376. The lowest BCUT2D eigenvalue weighted by Gasteiger charge is -2.41. The van der Waals surface area contributed by atoms with E-state index in [2.05, 4.69) is 6.92 Å². The fourth-order valence-corrected chi connectivity index (χ4v) is 3.31. The van der Waals surface area contributed by atoms with Crippen molar-refractivity contribution in [3.05, 3.63) is 11.1 Å². The molecule has 0 amide bonds. The average molecular weight is 134 g/mol. The molecule has 0 aromatic carbocycles. The summed E-state index contributed by atoms with van der Waals surface area (Å²) in [5.41, 5.74) is 3.78. The molecule has 3 atom stereocenters. The molecule has 3 rings (SSSR count). The third kappa shape index (κ3) is 0.398. The van der Waals surface area contributed by atoms with E-state index in [1.165, 1.54) is 19.3 Å². The third-order valence-corrected chi connectivity index (χ3v) is 3.89. The summed E-state index contributed by atoms with van der Waals surface area (Å²) in [6, 6.07) is 0. The van der Waals surface area contributed by atoms with Gasteiger partial charge in [-0.25, -0.2) is 0 Å². The Labute approximate surface area is 62.3 Å².